The molecule has 2 heterocycles. The minimum atomic E-state index is -0.836. The molecule has 0 radical (unpaired) electrons. The molecule has 0 spiro atoms. The summed E-state index contributed by atoms with van der Waals surface area (Å²) in [5.41, 5.74) is 0. The van der Waals surface area contributed by atoms with E-state index in [-0.39, 0.29) is 18.3 Å². The molecule has 0 aromatic carbocycles. The van der Waals surface area contributed by atoms with Crippen molar-refractivity contribution in [1.29, 1.82) is 0 Å². The van der Waals surface area contributed by atoms with Crippen molar-refractivity contribution in [3.05, 3.63) is 0 Å². The zero-order valence-corrected chi connectivity index (χ0v) is 8.19. The normalized spacial score (nSPS) is 48.0. The van der Waals surface area contributed by atoms with E-state index in [0.717, 1.165) is 6.42 Å². The molecule has 4 heteroatoms. The van der Waals surface area contributed by atoms with Crippen LogP contribution in [0.2, 0.25) is 0 Å². The van der Waals surface area contributed by atoms with E-state index in [4.69, 9.17) is 14.2 Å². The number of hydrogen-bond acceptors (Lipinski definition) is 4. The molecule has 4 nitrogen and oxygen atoms in total. The molecule has 13 heavy (non-hydrogen) atoms. The predicted molar refractivity (Wildman–Crippen MR) is 45.0 cm³/mol. The fourth-order valence-corrected chi connectivity index (χ4v) is 1.99. The van der Waals surface area contributed by atoms with Crippen molar-refractivity contribution in [2.24, 2.45) is 0 Å². The molecule has 0 aromatic rings. The summed E-state index contributed by atoms with van der Waals surface area (Å²) in [5.74, 6) is -0.590. The van der Waals surface area contributed by atoms with E-state index in [1.807, 2.05) is 20.8 Å². The quantitative estimate of drug-likeness (QED) is 0.655. The van der Waals surface area contributed by atoms with Crippen LogP contribution in [-0.2, 0) is 14.2 Å². The van der Waals surface area contributed by atoms with Gasteiger partial charge in [-0.25, -0.2) is 0 Å². The topological polar surface area (TPSA) is 47.9 Å². The first-order chi connectivity index (χ1) is 6.03. The van der Waals surface area contributed by atoms with Gasteiger partial charge in [0.05, 0.1) is 6.10 Å². The molecule has 2 rings (SSSR count). The van der Waals surface area contributed by atoms with Gasteiger partial charge in [0.25, 0.3) is 0 Å². The molecule has 2 saturated heterocycles. The molecule has 1 N–H and O–H groups in total. The first kappa shape index (κ1) is 9.40. The highest BCUT2D eigenvalue weighted by Crippen LogP contribution is 2.38. The molecule has 0 amide bonds. The van der Waals surface area contributed by atoms with Crippen LogP contribution in [0.4, 0.5) is 0 Å². The Morgan fingerprint density at radius 2 is 1.85 bits per heavy atom. The molecule has 0 aromatic heterocycles. The standard InChI is InChI=1S/C9H16O4/c1-4-5-6-7(8(10)11-5)13-9(2,3)12-6/h5-8,10H,4H2,1-3H3/t5-,6?,7-,8?/m1/s1. The number of rotatable bonds is 1. The Kier molecular flexibility index (Phi) is 2.11. The van der Waals surface area contributed by atoms with Crippen LogP contribution >= 0.6 is 0 Å². The largest absolute Gasteiger partial charge is 0.366 e. The van der Waals surface area contributed by atoms with E-state index in [9.17, 15) is 5.11 Å². The van der Waals surface area contributed by atoms with Crippen LogP contribution in [0.1, 0.15) is 27.2 Å². The smallest absolute Gasteiger partial charge is 0.184 e. The highest BCUT2D eigenvalue weighted by molar-refractivity contribution is 4.93. The molecule has 76 valence electrons. The van der Waals surface area contributed by atoms with Gasteiger partial charge in [-0.2, -0.15) is 0 Å². The fraction of sp³-hybridized carbons (Fsp3) is 1.00. The van der Waals surface area contributed by atoms with Crippen LogP contribution < -0.4 is 0 Å². The number of aliphatic hydroxyl groups is 1. The first-order valence-corrected chi connectivity index (χ1v) is 4.72. The predicted octanol–water partition coefficient (Wildman–Crippen LogP) is 0.634. The van der Waals surface area contributed by atoms with Gasteiger partial charge in [0, 0.05) is 0 Å². The third-order valence-corrected chi connectivity index (χ3v) is 2.53. The summed E-state index contributed by atoms with van der Waals surface area (Å²) < 4.78 is 16.4. The van der Waals surface area contributed by atoms with Crippen molar-refractivity contribution in [1.82, 2.24) is 0 Å². The van der Waals surface area contributed by atoms with Gasteiger partial charge in [-0.1, -0.05) is 6.92 Å². The Labute approximate surface area is 77.8 Å². The van der Waals surface area contributed by atoms with Gasteiger partial charge in [-0.05, 0) is 20.3 Å². The molecule has 2 aliphatic rings. The SMILES string of the molecule is CC[C@H]1OC(O)[C@@H]2OC(C)(C)OC21. The van der Waals surface area contributed by atoms with Crippen molar-refractivity contribution in [2.75, 3.05) is 0 Å². The zero-order chi connectivity index (χ0) is 9.64. The van der Waals surface area contributed by atoms with Crippen molar-refractivity contribution >= 4 is 0 Å². The van der Waals surface area contributed by atoms with E-state index in [2.05, 4.69) is 0 Å². The van der Waals surface area contributed by atoms with Crippen LogP contribution in [0.25, 0.3) is 0 Å². The summed E-state index contributed by atoms with van der Waals surface area (Å²) >= 11 is 0. The number of hydrogen-bond donors (Lipinski definition) is 1. The first-order valence-electron chi connectivity index (χ1n) is 4.72. The average molecular weight is 188 g/mol. The molecule has 2 unspecified atom stereocenters. The lowest BCUT2D eigenvalue weighted by Crippen LogP contribution is -2.29. The van der Waals surface area contributed by atoms with E-state index in [0.29, 0.717) is 0 Å². The number of fused-ring (bicyclic) bond motifs is 1. The second-order valence-electron chi connectivity index (χ2n) is 4.04. The zero-order valence-electron chi connectivity index (χ0n) is 8.19. The lowest BCUT2D eigenvalue weighted by Gasteiger charge is -2.21. The highest BCUT2D eigenvalue weighted by Gasteiger charge is 2.54. The third kappa shape index (κ3) is 1.48. The summed E-state index contributed by atoms with van der Waals surface area (Å²) in [6, 6.07) is 0. The lowest BCUT2D eigenvalue weighted by molar-refractivity contribution is -0.220. The second-order valence-corrected chi connectivity index (χ2v) is 4.04. The molecule has 0 bridgehead atoms. The Hall–Kier alpha value is -0.160. The van der Waals surface area contributed by atoms with Crippen molar-refractivity contribution < 1.29 is 19.3 Å². The van der Waals surface area contributed by atoms with Crippen LogP contribution in [0.5, 0.6) is 0 Å². The molecule has 2 fully saturated rings. The monoisotopic (exact) mass is 188 g/mol. The summed E-state index contributed by atoms with van der Waals surface area (Å²) in [6.07, 6.45) is -0.481. The minimum Gasteiger partial charge on any atom is -0.366 e. The maximum absolute atomic E-state index is 9.51. The van der Waals surface area contributed by atoms with E-state index in [1.165, 1.54) is 0 Å². The molecule has 0 aliphatic carbocycles. The maximum Gasteiger partial charge on any atom is 0.184 e. The Balaban J connectivity index is 2.12. The van der Waals surface area contributed by atoms with Crippen LogP contribution in [0.15, 0.2) is 0 Å². The summed E-state index contributed by atoms with van der Waals surface area (Å²) in [6.45, 7) is 5.71. The van der Waals surface area contributed by atoms with Crippen LogP contribution in [-0.4, -0.2) is 35.5 Å². The lowest BCUT2D eigenvalue weighted by atomic mass is 10.1. The van der Waals surface area contributed by atoms with Gasteiger partial charge in [0.1, 0.15) is 12.2 Å². The summed E-state index contributed by atoms with van der Waals surface area (Å²) in [5, 5.41) is 9.51. The van der Waals surface area contributed by atoms with Crippen LogP contribution in [0.3, 0.4) is 0 Å². The Bertz CT molecular complexity index is 204. The molecular weight excluding hydrogens is 172 g/mol. The van der Waals surface area contributed by atoms with Gasteiger partial charge in [0.2, 0.25) is 0 Å². The summed E-state index contributed by atoms with van der Waals surface area (Å²) in [7, 11) is 0. The Morgan fingerprint density at radius 3 is 2.46 bits per heavy atom. The van der Waals surface area contributed by atoms with Gasteiger partial charge >= 0.3 is 0 Å². The third-order valence-electron chi connectivity index (χ3n) is 2.53. The molecule has 2 aliphatic heterocycles. The highest BCUT2D eigenvalue weighted by atomic mass is 16.8. The van der Waals surface area contributed by atoms with Gasteiger partial charge in [-0.15, -0.1) is 0 Å². The molecule has 4 atom stereocenters. The van der Waals surface area contributed by atoms with Gasteiger partial charge < -0.3 is 19.3 Å². The second kappa shape index (κ2) is 2.92. The number of ether oxygens (including phenoxy) is 3. The average Bonchev–Trinajstić information content (AvgIpc) is 2.47. The van der Waals surface area contributed by atoms with E-state index in [1.54, 1.807) is 0 Å². The minimum absolute atomic E-state index is 0.0400. The van der Waals surface area contributed by atoms with Crippen molar-refractivity contribution in [3.63, 3.8) is 0 Å². The fourth-order valence-electron chi connectivity index (χ4n) is 1.99. The van der Waals surface area contributed by atoms with Crippen LogP contribution in [0, 0.1) is 0 Å². The van der Waals surface area contributed by atoms with Crippen molar-refractivity contribution in [2.45, 2.75) is 57.6 Å². The Morgan fingerprint density at radius 1 is 1.23 bits per heavy atom. The number of aliphatic hydroxyl groups excluding tert-OH is 1. The van der Waals surface area contributed by atoms with Gasteiger partial charge in [-0.3, -0.25) is 0 Å². The molecular formula is C9H16O4. The maximum atomic E-state index is 9.51. The van der Waals surface area contributed by atoms with Gasteiger partial charge in [0.15, 0.2) is 12.1 Å². The van der Waals surface area contributed by atoms with Crippen molar-refractivity contribution in [3.8, 4) is 0 Å². The van der Waals surface area contributed by atoms with E-state index < -0.39 is 12.1 Å². The molecule has 0 saturated carbocycles. The van der Waals surface area contributed by atoms with E-state index >= 15 is 0 Å². The summed E-state index contributed by atoms with van der Waals surface area (Å²) in [4.78, 5) is 0.